The highest BCUT2D eigenvalue weighted by Gasteiger charge is 2.08. The van der Waals surface area contributed by atoms with E-state index in [0.29, 0.717) is 17.2 Å². The molecule has 4 nitrogen and oxygen atoms in total. The fourth-order valence-electron chi connectivity index (χ4n) is 1.13. The third-order valence-electron chi connectivity index (χ3n) is 1.92. The molecule has 0 amide bonds. The van der Waals surface area contributed by atoms with Gasteiger partial charge in [0.2, 0.25) is 0 Å². The fraction of sp³-hybridized carbons (Fsp3) is 0.333. The number of carbonyl (C=O) groups is 2. The smallest absolute Gasteiger partial charge is 0.338 e. The van der Waals surface area contributed by atoms with E-state index in [1.54, 1.807) is 31.2 Å². The second kappa shape index (κ2) is 6.91. The van der Waals surface area contributed by atoms with Gasteiger partial charge in [-0.1, -0.05) is 11.6 Å². The SMILES string of the molecule is CCOC(=O)CCOC(=O)c1ccc(Cl)cc1. The molecular formula is C12H13ClO4. The van der Waals surface area contributed by atoms with Crippen LogP contribution in [0.15, 0.2) is 24.3 Å². The molecule has 0 saturated heterocycles. The molecule has 0 radical (unpaired) electrons. The zero-order valence-corrected chi connectivity index (χ0v) is 10.2. The minimum absolute atomic E-state index is 0.0142. The maximum Gasteiger partial charge on any atom is 0.338 e. The average Bonchev–Trinajstić information content (AvgIpc) is 2.30. The zero-order valence-electron chi connectivity index (χ0n) is 9.44. The van der Waals surface area contributed by atoms with Gasteiger partial charge in [0.1, 0.15) is 6.61 Å². The summed E-state index contributed by atoms with van der Waals surface area (Å²) in [4.78, 5) is 22.5. The summed E-state index contributed by atoms with van der Waals surface area (Å²) in [6.07, 6.45) is 0.0627. The molecule has 0 N–H and O–H groups in total. The first-order valence-corrected chi connectivity index (χ1v) is 5.59. The van der Waals surface area contributed by atoms with Crippen LogP contribution in [0.2, 0.25) is 5.02 Å². The lowest BCUT2D eigenvalue weighted by atomic mass is 10.2. The average molecular weight is 257 g/mol. The van der Waals surface area contributed by atoms with Crippen LogP contribution in [0.4, 0.5) is 0 Å². The molecule has 1 rings (SSSR count). The van der Waals surface area contributed by atoms with Gasteiger partial charge in [-0.25, -0.2) is 4.79 Å². The molecule has 1 aromatic rings. The number of halogens is 1. The summed E-state index contributed by atoms with van der Waals surface area (Å²) >= 11 is 5.68. The van der Waals surface area contributed by atoms with Gasteiger partial charge in [-0.15, -0.1) is 0 Å². The summed E-state index contributed by atoms with van der Waals surface area (Å²) in [5.41, 5.74) is 0.401. The van der Waals surface area contributed by atoms with Gasteiger partial charge in [0.05, 0.1) is 18.6 Å². The van der Waals surface area contributed by atoms with Gasteiger partial charge in [-0.2, -0.15) is 0 Å². The molecule has 0 aromatic heterocycles. The molecule has 92 valence electrons. The number of esters is 2. The summed E-state index contributed by atoms with van der Waals surface area (Å²) < 4.78 is 9.60. The minimum atomic E-state index is -0.481. The summed E-state index contributed by atoms with van der Waals surface area (Å²) in [5.74, 6) is -0.859. The molecule has 1 aromatic carbocycles. The molecule has 5 heteroatoms. The zero-order chi connectivity index (χ0) is 12.7. The van der Waals surface area contributed by atoms with E-state index < -0.39 is 5.97 Å². The van der Waals surface area contributed by atoms with Crippen molar-refractivity contribution in [1.82, 2.24) is 0 Å². The number of hydrogen-bond acceptors (Lipinski definition) is 4. The third kappa shape index (κ3) is 4.87. The van der Waals surface area contributed by atoms with E-state index in [0.717, 1.165) is 0 Å². The van der Waals surface area contributed by atoms with E-state index in [-0.39, 0.29) is 19.0 Å². The van der Waals surface area contributed by atoms with Crippen LogP contribution in [0.25, 0.3) is 0 Å². The summed E-state index contributed by atoms with van der Waals surface area (Å²) in [5, 5.41) is 0.549. The van der Waals surface area contributed by atoms with Crippen molar-refractivity contribution in [3.63, 3.8) is 0 Å². The molecule has 0 aliphatic heterocycles. The van der Waals surface area contributed by atoms with Gasteiger partial charge in [-0.3, -0.25) is 4.79 Å². The number of ether oxygens (including phenoxy) is 2. The van der Waals surface area contributed by atoms with E-state index in [9.17, 15) is 9.59 Å². The van der Waals surface area contributed by atoms with Gasteiger partial charge < -0.3 is 9.47 Å². The van der Waals surface area contributed by atoms with Gasteiger partial charge >= 0.3 is 11.9 Å². The lowest BCUT2D eigenvalue weighted by Crippen LogP contribution is -2.11. The van der Waals surface area contributed by atoms with E-state index in [4.69, 9.17) is 21.1 Å². The van der Waals surface area contributed by atoms with Crippen LogP contribution in [0.1, 0.15) is 23.7 Å². The Morgan fingerprint density at radius 1 is 1.18 bits per heavy atom. The van der Waals surface area contributed by atoms with Crippen molar-refractivity contribution in [3.05, 3.63) is 34.9 Å². The fourth-order valence-corrected chi connectivity index (χ4v) is 1.26. The second-order valence-electron chi connectivity index (χ2n) is 3.20. The largest absolute Gasteiger partial charge is 0.466 e. The van der Waals surface area contributed by atoms with Crippen molar-refractivity contribution in [2.24, 2.45) is 0 Å². The van der Waals surface area contributed by atoms with Crippen LogP contribution in [0.3, 0.4) is 0 Å². The van der Waals surface area contributed by atoms with E-state index in [2.05, 4.69) is 0 Å². The van der Waals surface area contributed by atoms with Crippen molar-refractivity contribution >= 4 is 23.5 Å². The quantitative estimate of drug-likeness (QED) is 0.760. The molecule has 0 aliphatic rings. The van der Waals surface area contributed by atoms with Crippen LogP contribution >= 0.6 is 11.6 Å². The summed E-state index contributed by atoms with van der Waals surface area (Å²) in [6.45, 7) is 2.06. The van der Waals surface area contributed by atoms with E-state index in [1.807, 2.05) is 0 Å². The predicted molar refractivity (Wildman–Crippen MR) is 63.0 cm³/mol. The molecule has 0 heterocycles. The Labute approximate surface area is 104 Å². The van der Waals surface area contributed by atoms with Gasteiger partial charge in [0.25, 0.3) is 0 Å². The van der Waals surface area contributed by atoms with Crippen molar-refractivity contribution in [2.75, 3.05) is 13.2 Å². The lowest BCUT2D eigenvalue weighted by Gasteiger charge is -2.04. The van der Waals surface area contributed by atoms with Crippen molar-refractivity contribution < 1.29 is 19.1 Å². The monoisotopic (exact) mass is 256 g/mol. The molecule has 0 saturated carbocycles. The molecule has 0 fully saturated rings. The molecule has 0 unspecified atom stereocenters. The van der Waals surface area contributed by atoms with E-state index in [1.165, 1.54) is 0 Å². The molecular weight excluding hydrogens is 244 g/mol. The Balaban J connectivity index is 2.35. The van der Waals surface area contributed by atoms with Gasteiger partial charge in [0, 0.05) is 5.02 Å². The normalized spacial score (nSPS) is 9.76. The van der Waals surface area contributed by atoms with Crippen molar-refractivity contribution in [2.45, 2.75) is 13.3 Å². The van der Waals surface area contributed by atoms with Crippen LogP contribution < -0.4 is 0 Å². The maximum absolute atomic E-state index is 11.5. The first kappa shape index (κ1) is 13.5. The number of benzene rings is 1. The summed E-state index contributed by atoms with van der Waals surface area (Å²) in [6, 6.07) is 6.33. The first-order valence-electron chi connectivity index (χ1n) is 5.21. The Hall–Kier alpha value is -1.55. The highest BCUT2D eigenvalue weighted by molar-refractivity contribution is 6.30. The molecule has 17 heavy (non-hydrogen) atoms. The number of carbonyl (C=O) groups excluding carboxylic acids is 2. The van der Waals surface area contributed by atoms with Crippen molar-refractivity contribution in [3.8, 4) is 0 Å². The number of rotatable bonds is 5. The lowest BCUT2D eigenvalue weighted by molar-refractivity contribution is -0.143. The van der Waals surface area contributed by atoms with Crippen LogP contribution in [-0.4, -0.2) is 25.2 Å². The Bertz CT molecular complexity index is 386. The highest BCUT2D eigenvalue weighted by Crippen LogP contribution is 2.10. The highest BCUT2D eigenvalue weighted by atomic mass is 35.5. The van der Waals surface area contributed by atoms with Gasteiger partial charge in [0.15, 0.2) is 0 Å². The van der Waals surface area contributed by atoms with Gasteiger partial charge in [-0.05, 0) is 31.2 Å². The van der Waals surface area contributed by atoms with Crippen LogP contribution in [-0.2, 0) is 14.3 Å². The Kier molecular flexibility index (Phi) is 5.49. The maximum atomic E-state index is 11.5. The molecule has 0 bridgehead atoms. The summed E-state index contributed by atoms with van der Waals surface area (Å²) in [7, 11) is 0. The molecule has 0 aliphatic carbocycles. The minimum Gasteiger partial charge on any atom is -0.466 e. The number of hydrogen-bond donors (Lipinski definition) is 0. The molecule has 0 atom stereocenters. The topological polar surface area (TPSA) is 52.6 Å². The second-order valence-corrected chi connectivity index (χ2v) is 3.63. The van der Waals surface area contributed by atoms with E-state index >= 15 is 0 Å². The van der Waals surface area contributed by atoms with Crippen molar-refractivity contribution in [1.29, 1.82) is 0 Å². The first-order chi connectivity index (χ1) is 8.13. The van der Waals surface area contributed by atoms with Crippen LogP contribution in [0, 0.1) is 0 Å². The molecule has 0 spiro atoms. The van der Waals surface area contributed by atoms with Crippen LogP contribution in [0.5, 0.6) is 0 Å². The Morgan fingerprint density at radius 3 is 2.41 bits per heavy atom. The predicted octanol–water partition coefficient (Wildman–Crippen LogP) is 2.45. The third-order valence-corrected chi connectivity index (χ3v) is 2.18. The standard InChI is InChI=1S/C12H13ClO4/c1-2-16-11(14)7-8-17-12(15)9-3-5-10(13)6-4-9/h3-6H,2,7-8H2,1H3. The Morgan fingerprint density at radius 2 is 1.82 bits per heavy atom.